The molecule has 0 bridgehead atoms. The second kappa shape index (κ2) is 7.09. The number of aryl methyl sites for hydroxylation is 2. The summed E-state index contributed by atoms with van der Waals surface area (Å²) < 4.78 is 6.88. The number of rotatable bonds is 5. The summed E-state index contributed by atoms with van der Waals surface area (Å²) in [7, 11) is 0. The molecule has 1 N–H and O–H groups in total. The highest BCUT2D eigenvalue weighted by Crippen LogP contribution is 2.27. The van der Waals surface area contributed by atoms with Gasteiger partial charge in [0.2, 0.25) is 0 Å². The average Bonchev–Trinajstić information content (AvgIpc) is 2.80. The third-order valence-electron chi connectivity index (χ3n) is 4.62. The Bertz CT molecular complexity index is 789. The molecule has 1 aliphatic rings. The molecule has 0 saturated heterocycles. The van der Waals surface area contributed by atoms with Crippen LogP contribution in [0.4, 0.5) is 5.69 Å². The van der Waals surface area contributed by atoms with Crippen molar-refractivity contribution >= 4 is 17.6 Å². The lowest BCUT2D eigenvalue weighted by Crippen LogP contribution is -2.28. The van der Waals surface area contributed by atoms with Crippen LogP contribution in [0.5, 0.6) is 0 Å². The predicted molar refractivity (Wildman–Crippen MR) is 94.7 cm³/mol. The van der Waals surface area contributed by atoms with Gasteiger partial charge in [0.1, 0.15) is 0 Å². The van der Waals surface area contributed by atoms with Gasteiger partial charge in [-0.25, -0.2) is 4.68 Å². The van der Waals surface area contributed by atoms with Crippen molar-refractivity contribution in [3.05, 3.63) is 41.2 Å². The Kier molecular flexibility index (Phi) is 4.88. The molecule has 132 valence electrons. The zero-order chi connectivity index (χ0) is 18.0. The van der Waals surface area contributed by atoms with Crippen LogP contribution < -0.4 is 5.32 Å². The highest BCUT2D eigenvalue weighted by atomic mass is 16.5. The molecule has 2 aromatic rings. The molecule has 3 rings (SSSR count). The minimum absolute atomic E-state index is 0.0273. The molecule has 1 aromatic carbocycles. The van der Waals surface area contributed by atoms with E-state index in [4.69, 9.17) is 4.74 Å². The van der Waals surface area contributed by atoms with Gasteiger partial charge >= 0.3 is 5.97 Å². The average molecular weight is 341 g/mol. The summed E-state index contributed by atoms with van der Waals surface area (Å²) in [5, 5.41) is 7.31. The van der Waals surface area contributed by atoms with Crippen molar-refractivity contribution in [3.8, 4) is 5.69 Å². The molecular formula is C19H23N3O3. The number of amides is 1. The van der Waals surface area contributed by atoms with E-state index >= 15 is 0 Å². The fourth-order valence-corrected chi connectivity index (χ4v) is 2.83. The van der Waals surface area contributed by atoms with Gasteiger partial charge in [0.15, 0.2) is 6.61 Å². The maximum atomic E-state index is 12.1. The van der Waals surface area contributed by atoms with Crippen LogP contribution >= 0.6 is 0 Å². The molecule has 6 heteroatoms. The maximum absolute atomic E-state index is 12.1. The lowest BCUT2D eigenvalue weighted by atomic mass is 9.86. The summed E-state index contributed by atoms with van der Waals surface area (Å²) in [4.78, 5) is 23.8. The Hall–Kier alpha value is -2.63. The third-order valence-corrected chi connectivity index (χ3v) is 4.62. The first kappa shape index (κ1) is 17.2. The van der Waals surface area contributed by atoms with E-state index in [1.54, 1.807) is 4.68 Å². The highest BCUT2D eigenvalue weighted by molar-refractivity contribution is 5.94. The number of carbonyl (C=O) groups excluding carboxylic acids is 2. The molecule has 0 unspecified atom stereocenters. The largest absolute Gasteiger partial charge is 0.455 e. The van der Waals surface area contributed by atoms with Gasteiger partial charge in [0.05, 0.1) is 28.7 Å². The van der Waals surface area contributed by atoms with E-state index in [2.05, 4.69) is 10.4 Å². The topological polar surface area (TPSA) is 73.2 Å². The lowest BCUT2D eigenvalue weighted by Gasteiger charge is -2.22. The zero-order valence-corrected chi connectivity index (χ0v) is 14.8. The summed E-state index contributed by atoms with van der Waals surface area (Å²) in [6.45, 7) is 5.51. The monoisotopic (exact) mass is 341 g/mol. The van der Waals surface area contributed by atoms with Crippen LogP contribution in [0, 0.1) is 26.7 Å². The van der Waals surface area contributed by atoms with Crippen LogP contribution in [0.2, 0.25) is 0 Å². The summed E-state index contributed by atoms with van der Waals surface area (Å²) in [6, 6.07) is 8.01. The van der Waals surface area contributed by atoms with Crippen molar-refractivity contribution in [1.82, 2.24) is 9.78 Å². The molecular weight excluding hydrogens is 318 g/mol. The molecule has 1 aromatic heterocycles. The van der Waals surface area contributed by atoms with Gasteiger partial charge in [-0.3, -0.25) is 9.59 Å². The van der Waals surface area contributed by atoms with Gasteiger partial charge < -0.3 is 10.1 Å². The summed E-state index contributed by atoms with van der Waals surface area (Å²) in [6.07, 6.45) is 2.78. The molecule has 0 atom stereocenters. The summed E-state index contributed by atoms with van der Waals surface area (Å²) in [5.74, 6) is -0.645. The fourth-order valence-electron chi connectivity index (χ4n) is 2.83. The smallest absolute Gasteiger partial charge is 0.309 e. The van der Waals surface area contributed by atoms with Crippen molar-refractivity contribution in [2.45, 2.75) is 40.0 Å². The Balaban J connectivity index is 1.66. The molecule has 6 nitrogen and oxygen atoms in total. The standard InChI is InChI=1S/C19H23N3O3/c1-12-7-9-16(10-8-12)22-14(3)18(13(2)21-22)20-17(23)11-25-19(24)15-5-4-6-15/h7-10,15H,4-6,11H2,1-3H3,(H,20,23). The molecule has 1 amide bonds. The van der Waals surface area contributed by atoms with E-state index in [-0.39, 0.29) is 24.4 Å². The van der Waals surface area contributed by atoms with Crippen molar-refractivity contribution in [3.63, 3.8) is 0 Å². The van der Waals surface area contributed by atoms with Crippen molar-refractivity contribution in [1.29, 1.82) is 0 Å². The predicted octanol–water partition coefficient (Wildman–Crippen LogP) is 3.08. The highest BCUT2D eigenvalue weighted by Gasteiger charge is 2.27. The normalized spacial score (nSPS) is 14.0. The van der Waals surface area contributed by atoms with Gasteiger partial charge in [0.25, 0.3) is 5.91 Å². The van der Waals surface area contributed by atoms with Gasteiger partial charge in [-0.2, -0.15) is 5.10 Å². The summed E-state index contributed by atoms with van der Waals surface area (Å²) >= 11 is 0. The summed E-state index contributed by atoms with van der Waals surface area (Å²) in [5.41, 5.74) is 4.32. The Morgan fingerprint density at radius 3 is 2.48 bits per heavy atom. The SMILES string of the molecule is Cc1ccc(-n2nc(C)c(NC(=O)COC(=O)C3CCC3)c2C)cc1. The number of anilines is 1. The third kappa shape index (κ3) is 3.73. The number of aromatic nitrogens is 2. The Morgan fingerprint density at radius 2 is 1.88 bits per heavy atom. The number of nitrogens with zero attached hydrogens (tertiary/aromatic N) is 2. The van der Waals surface area contributed by atoms with E-state index in [1.807, 2.05) is 45.0 Å². The number of hydrogen-bond acceptors (Lipinski definition) is 4. The van der Waals surface area contributed by atoms with E-state index < -0.39 is 0 Å². The molecule has 1 saturated carbocycles. The van der Waals surface area contributed by atoms with Crippen LogP contribution in [-0.4, -0.2) is 28.3 Å². The molecule has 1 aliphatic carbocycles. The van der Waals surface area contributed by atoms with Gasteiger partial charge in [-0.05, 0) is 45.7 Å². The molecule has 0 aliphatic heterocycles. The van der Waals surface area contributed by atoms with Gasteiger partial charge in [-0.15, -0.1) is 0 Å². The van der Waals surface area contributed by atoms with Crippen molar-refractivity contribution < 1.29 is 14.3 Å². The number of nitrogens with one attached hydrogen (secondary N) is 1. The first-order valence-electron chi connectivity index (χ1n) is 8.55. The van der Waals surface area contributed by atoms with Crippen molar-refractivity contribution in [2.75, 3.05) is 11.9 Å². The maximum Gasteiger partial charge on any atom is 0.309 e. The number of benzene rings is 1. The Morgan fingerprint density at radius 1 is 1.20 bits per heavy atom. The van der Waals surface area contributed by atoms with E-state index in [9.17, 15) is 9.59 Å². The van der Waals surface area contributed by atoms with Gasteiger partial charge in [0, 0.05) is 0 Å². The zero-order valence-electron chi connectivity index (χ0n) is 14.8. The molecule has 1 fully saturated rings. The second-order valence-corrected chi connectivity index (χ2v) is 6.58. The first-order chi connectivity index (χ1) is 12.0. The van der Waals surface area contributed by atoms with Gasteiger partial charge in [-0.1, -0.05) is 24.1 Å². The van der Waals surface area contributed by atoms with Crippen LogP contribution in [0.25, 0.3) is 5.69 Å². The number of carbonyl (C=O) groups is 2. The molecule has 1 heterocycles. The number of esters is 1. The van der Waals surface area contributed by atoms with E-state index in [1.165, 1.54) is 5.56 Å². The molecule has 0 spiro atoms. The fraction of sp³-hybridized carbons (Fsp3) is 0.421. The van der Waals surface area contributed by atoms with Crippen LogP contribution in [0.15, 0.2) is 24.3 Å². The van der Waals surface area contributed by atoms with Crippen LogP contribution in [0.1, 0.15) is 36.2 Å². The molecule has 25 heavy (non-hydrogen) atoms. The molecule has 0 radical (unpaired) electrons. The van der Waals surface area contributed by atoms with Crippen molar-refractivity contribution in [2.24, 2.45) is 5.92 Å². The number of hydrogen-bond donors (Lipinski definition) is 1. The van der Waals surface area contributed by atoms with Crippen LogP contribution in [0.3, 0.4) is 0 Å². The van der Waals surface area contributed by atoms with Crippen LogP contribution in [-0.2, 0) is 14.3 Å². The minimum Gasteiger partial charge on any atom is -0.455 e. The minimum atomic E-state index is -0.345. The number of ether oxygens (including phenoxy) is 1. The second-order valence-electron chi connectivity index (χ2n) is 6.58. The Labute approximate surface area is 147 Å². The van der Waals surface area contributed by atoms with E-state index in [0.29, 0.717) is 5.69 Å². The quantitative estimate of drug-likeness (QED) is 0.848. The first-order valence-corrected chi connectivity index (χ1v) is 8.55. The van der Waals surface area contributed by atoms with E-state index in [0.717, 1.165) is 36.3 Å². The lowest BCUT2D eigenvalue weighted by molar-refractivity contribution is -0.154.